The molecule has 0 spiro atoms. The molecule has 1 heterocycles. The number of carbonyl (C=O) groups is 1. The van der Waals surface area contributed by atoms with Crippen LogP contribution in [0.4, 0.5) is 0 Å². The quantitative estimate of drug-likeness (QED) is 0.928. The van der Waals surface area contributed by atoms with Gasteiger partial charge in [-0.05, 0) is 24.6 Å². The van der Waals surface area contributed by atoms with Crippen LogP contribution in [0.5, 0.6) is 0 Å². The summed E-state index contributed by atoms with van der Waals surface area (Å²) in [5.74, 6) is -0.0701. The van der Waals surface area contributed by atoms with E-state index in [4.69, 9.17) is 0 Å². The normalized spacial score (nSPS) is 12.8. The SMILES string of the molecule is C[C@@H](NC(=O)c1ccnc(C(C)(C)C)c1)c1ccccc1. The minimum atomic E-state index is -0.0701. The average Bonchev–Trinajstić information content (AvgIpc) is 2.47. The summed E-state index contributed by atoms with van der Waals surface area (Å²) in [6.07, 6.45) is 1.70. The standard InChI is InChI=1S/C18H22N2O/c1-13(14-8-6-5-7-9-14)20-17(21)15-10-11-19-16(12-15)18(2,3)4/h5-13H,1-4H3,(H,20,21)/t13-/m1/s1. The Balaban J connectivity index is 2.14. The maximum Gasteiger partial charge on any atom is 0.251 e. The third-order valence-electron chi connectivity index (χ3n) is 3.44. The lowest BCUT2D eigenvalue weighted by Gasteiger charge is -2.19. The van der Waals surface area contributed by atoms with Crippen molar-refractivity contribution in [3.05, 3.63) is 65.5 Å². The summed E-state index contributed by atoms with van der Waals surface area (Å²) in [7, 11) is 0. The van der Waals surface area contributed by atoms with Crippen LogP contribution in [0.2, 0.25) is 0 Å². The fourth-order valence-electron chi connectivity index (χ4n) is 2.09. The van der Waals surface area contributed by atoms with E-state index in [2.05, 4.69) is 31.1 Å². The molecule has 21 heavy (non-hydrogen) atoms. The average molecular weight is 282 g/mol. The van der Waals surface area contributed by atoms with Crippen LogP contribution in [0.25, 0.3) is 0 Å². The van der Waals surface area contributed by atoms with Crippen molar-refractivity contribution in [1.82, 2.24) is 10.3 Å². The molecule has 0 aliphatic rings. The molecule has 0 saturated carbocycles. The highest BCUT2D eigenvalue weighted by atomic mass is 16.1. The zero-order chi connectivity index (χ0) is 15.5. The molecule has 0 radical (unpaired) electrons. The highest BCUT2D eigenvalue weighted by Gasteiger charge is 2.18. The number of hydrogen-bond donors (Lipinski definition) is 1. The summed E-state index contributed by atoms with van der Waals surface area (Å²) in [5, 5.41) is 3.02. The van der Waals surface area contributed by atoms with Crippen molar-refractivity contribution in [2.45, 2.75) is 39.2 Å². The fourth-order valence-corrected chi connectivity index (χ4v) is 2.09. The van der Waals surface area contributed by atoms with Crippen LogP contribution in [0.15, 0.2) is 48.7 Å². The molecule has 1 N–H and O–H groups in total. The van der Waals surface area contributed by atoms with E-state index in [1.54, 1.807) is 12.3 Å². The molecule has 0 aliphatic carbocycles. The van der Waals surface area contributed by atoms with Gasteiger partial charge in [-0.1, -0.05) is 51.1 Å². The minimum absolute atomic E-state index is 0.0232. The molecule has 1 aromatic heterocycles. The first-order chi connectivity index (χ1) is 9.88. The van der Waals surface area contributed by atoms with Crippen molar-refractivity contribution in [2.75, 3.05) is 0 Å². The van der Waals surface area contributed by atoms with Crippen molar-refractivity contribution in [1.29, 1.82) is 0 Å². The number of nitrogens with one attached hydrogen (secondary N) is 1. The highest BCUT2D eigenvalue weighted by Crippen LogP contribution is 2.21. The lowest BCUT2D eigenvalue weighted by molar-refractivity contribution is 0.0939. The van der Waals surface area contributed by atoms with Crippen molar-refractivity contribution < 1.29 is 4.79 Å². The van der Waals surface area contributed by atoms with Crippen molar-refractivity contribution in [3.8, 4) is 0 Å². The van der Waals surface area contributed by atoms with Crippen LogP contribution in [0.1, 0.15) is 55.4 Å². The zero-order valence-corrected chi connectivity index (χ0v) is 13.1. The molecule has 0 bridgehead atoms. The number of amides is 1. The summed E-state index contributed by atoms with van der Waals surface area (Å²) in [6.45, 7) is 8.25. The van der Waals surface area contributed by atoms with Crippen LogP contribution in [0, 0.1) is 0 Å². The van der Waals surface area contributed by atoms with Crippen LogP contribution >= 0.6 is 0 Å². The van der Waals surface area contributed by atoms with Gasteiger partial charge in [0.25, 0.3) is 5.91 Å². The predicted molar refractivity (Wildman–Crippen MR) is 85.3 cm³/mol. The number of benzene rings is 1. The molecule has 2 aromatic rings. The molecule has 3 heteroatoms. The molecule has 1 atom stereocenters. The predicted octanol–water partition coefficient (Wildman–Crippen LogP) is 3.87. The van der Waals surface area contributed by atoms with Gasteiger partial charge in [0.1, 0.15) is 0 Å². The van der Waals surface area contributed by atoms with Gasteiger partial charge < -0.3 is 5.32 Å². The second kappa shape index (κ2) is 6.08. The summed E-state index contributed by atoms with van der Waals surface area (Å²) in [6, 6.07) is 13.5. The van der Waals surface area contributed by atoms with Crippen LogP contribution < -0.4 is 5.32 Å². The van der Waals surface area contributed by atoms with E-state index in [0.717, 1.165) is 11.3 Å². The van der Waals surface area contributed by atoms with Crippen LogP contribution in [-0.2, 0) is 5.41 Å². The van der Waals surface area contributed by atoms with Gasteiger partial charge in [0.05, 0.1) is 6.04 Å². The Bertz CT molecular complexity index is 615. The first-order valence-electron chi connectivity index (χ1n) is 7.20. The Morgan fingerprint density at radius 2 is 1.81 bits per heavy atom. The lowest BCUT2D eigenvalue weighted by atomic mass is 9.91. The van der Waals surface area contributed by atoms with E-state index >= 15 is 0 Å². The largest absolute Gasteiger partial charge is 0.346 e. The van der Waals surface area contributed by atoms with E-state index in [1.165, 1.54) is 0 Å². The second-order valence-corrected chi connectivity index (χ2v) is 6.29. The molecule has 0 saturated heterocycles. The highest BCUT2D eigenvalue weighted by molar-refractivity contribution is 5.94. The molecule has 0 unspecified atom stereocenters. The zero-order valence-electron chi connectivity index (χ0n) is 13.1. The van der Waals surface area contributed by atoms with E-state index < -0.39 is 0 Å². The molecular weight excluding hydrogens is 260 g/mol. The Morgan fingerprint density at radius 1 is 1.14 bits per heavy atom. The van der Waals surface area contributed by atoms with E-state index in [0.29, 0.717) is 5.56 Å². The lowest BCUT2D eigenvalue weighted by Crippen LogP contribution is -2.27. The van der Waals surface area contributed by atoms with Gasteiger partial charge in [-0.15, -0.1) is 0 Å². The van der Waals surface area contributed by atoms with Crippen LogP contribution in [-0.4, -0.2) is 10.9 Å². The Labute approximate surface area is 126 Å². The molecule has 3 nitrogen and oxygen atoms in total. The van der Waals surface area contributed by atoms with Crippen molar-refractivity contribution in [2.24, 2.45) is 0 Å². The van der Waals surface area contributed by atoms with Crippen LogP contribution in [0.3, 0.4) is 0 Å². The number of nitrogens with zero attached hydrogens (tertiary/aromatic N) is 1. The summed E-state index contributed by atoms with van der Waals surface area (Å²) in [5.41, 5.74) is 2.60. The Kier molecular flexibility index (Phi) is 4.41. The summed E-state index contributed by atoms with van der Waals surface area (Å²) >= 11 is 0. The number of pyridine rings is 1. The molecular formula is C18H22N2O. The topological polar surface area (TPSA) is 42.0 Å². The molecule has 0 fully saturated rings. The van der Waals surface area contributed by atoms with E-state index in [9.17, 15) is 4.79 Å². The third kappa shape index (κ3) is 3.91. The minimum Gasteiger partial charge on any atom is -0.346 e. The monoisotopic (exact) mass is 282 g/mol. The number of aromatic nitrogens is 1. The number of carbonyl (C=O) groups excluding carboxylic acids is 1. The van der Waals surface area contributed by atoms with E-state index in [1.807, 2.05) is 43.3 Å². The van der Waals surface area contributed by atoms with Crippen molar-refractivity contribution in [3.63, 3.8) is 0 Å². The summed E-state index contributed by atoms with van der Waals surface area (Å²) < 4.78 is 0. The Morgan fingerprint density at radius 3 is 2.43 bits per heavy atom. The third-order valence-corrected chi connectivity index (χ3v) is 3.44. The van der Waals surface area contributed by atoms with Gasteiger partial charge in [-0.25, -0.2) is 0 Å². The van der Waals surface area contributed by atoms with Gasteiger partial charge in [0.15, 0.2) is 0 Å². The maximum absolute atomic E-state index is 12.4. The maximum atomic E-state index is 12.4. The second-order valence-electron chi connectivity index (χ2n) is 6.29. The molecule has 1 aromatic carbocycles. The van der Waals surface area contributed by atoms with Gasteiger partial charge in [0.2, 0.25) is 0 Å². The van der Waals surface area contributed by atoms with Gasteiger partial charge in [0, 0.05) is 22.9 Å². The first kappa shape index (κ1) is 15.2. The molecule has 110 valence electrons. The molecule has 1 amide bonds. The number of rotatable bonds is 3. The van der Waals surface area contributed by atoms with Gasteiger partial charge >= 0.3 is 0 Å². The van der Waals surface area contributed by atoms with E-state index in [-0.39, 0.29) is 17.4 Å². The number of hydrogen-bond acceptors (Lipinski definition) is 2. The Hall–Kier alpha value is -2.16. The van der Waals surface area contributed by atoms with Gasteiger partial charge in [-0.2, -0.15) is 0 Å². The molecule has 0 aliphatic heterocycles. The summed E-state index contributed by atoms with van der Waals surface area (Å²) in [4.78, 5) is 16.7. The van der Waals surface area contributed by atoms with Gasteiger partial charge in [-0.3, -0.25) is 9.78 Å². The van der Waals surface area contributed by atoms with Crippen molar-refractivity contribution >= 4 is 5.91 Å². The smallest absolute Gasteiger partial charge is 0.251 e. The molecule has 2 rings (SSSR count). The first-order valence-corrected chi connectivity index (χ1v) is 7.20. The fraction of sp³-hybridized carbons (Fsp3) is 0.333.